The van der Waals surface area contributed by atoms with Crippen LogP contribution in [-0.2, 0) is 11.3 Å². The molecule has 42 heavy (non-hydrogen) atoms. The van der Waals surface area contributed by atoms with Crippen molar-refractivity contribution in [1.82, 2.24) is 9.55 Å². The molecule has 0 radical (unpaired) electrons. The van der Waals surface area contributed by atoms with Crippen molar-refractivity contribution in [2.45, 2.75) is 47.1 Å². The van der Waals surface area contributed by atoms with Gasteiger partial charge < -0.3 is 15.0 Å². The predicted molar refractivity (Wildman–Crippen MR) is 181 cm³/mol. The number of hydrogen-bond donors (Lipinski definition) is 1. The first-order valence-electron chi connectivity index (χ1n) is 13.9. The maximum Gasteiger partial charge on any atom is 0.237 e. The van der Waals surface area contributed by atoms with Gasteiger partial charge in [-0.2, -0.15) is 0 Å². The van der Waals surface area contributed by atoms with Crippen LogP contribution in [-0.4, -0.2) is 27.9 Å². The van der Waals surface area contributed by atoms with Crippen LogP contribution in [0.4, 0.5) is 0 Å². The number of primary amides is 1. The normalized spacial score (nSPS) is 11.4. The minimum atomic E-state index is -0.396. The number of nitrogens with two attached hydrogens (primary N) is 1. The summed E-state index contributed by atoms with van der Waals surface area (Å²) in [5.74, 6) is 2.25. The second-order valence-electron chi connectivity index (χ2n) is 9.62. The van der Waals surface area contributed by atoms with Crippen molar-refractivity contribution >= 4 is 57.6 Å². The molecule has 0 aliphatic rings. The molecular weight excluding hydrogens is 565 g/mol. The zero-order valence-corrected chi connectivity index (χ0v) is 26.6. The second kappa shape index (κ2) is 18.6. The van der Waals surface area contributed by atoms with Crippen LogP contribution in [0.15, 0.2) is 90.6 Å². The molecule has 5 nitrogen and oxygen atoms in total. The first-order chi connectivity index (χ1) is 20.2. The van der Waals surface area contributed by atoms with Crippen molar-refractivity contribution in [3.8, 4) is 5.75 Å². The fourth-order valence-electron chi connectivity index (χ4n) is 4.00. The number of allylic oxidation sites excluding steroid dienone is 3. The van der Waals surface area contributed by atoms with E-state index >= 15 is 0 Å². The number of nitrogens with zero attached hydrogens (tertiary/aromatic N) is 2. The first kappa shape index (κ1) is 34.4. The van der Waals surface area contributed by atoms with Crippen LogP contribution in [0.2, 0.25) is 0 Å². The standard InChI is InChI=1S/C19H23N3O2.C13H14.C3H4Cl2/c1-4-14(3)17-12-22(13-18(20)23)19(21-17)11-8-15-6-9-16(10-7-15)24-5-2;1-10(2)12-9-5-7-11-6-3-4-8-13(11)12;4-2-1-3-5/h4,6-12H,5,13H2,1-3H3,(H2,20,23);3-10H,1-2H3;1-2H,3H2/b11-8+,14-4+;;2-1+. The van der Waals surface area contributed by atoms with Gasteiger partial charge in [0.05, 0.1) is 12.3 Å². The number of alkyl halides is 1. The quantitative estimate of drug-likeness (QED) is 0.193. The summed E-state index contributed by atoms with van der Waals surface area (Å²) in [4.78, 5) is 15.8. The summed E-state index contributed by atoms with van der Waals surface area (Å²) in [6.45, 7) is 11.1. The van der Waals surface area contributed by atoms with E-state index in [1.807, 2.05) is 69.5 Å². The molecule has 0 fully saturated rings. The van der Waals surface area contributed by atoms with E-state index in [-0.39, 0.29) is 6.54 Å². The largest absolute Gasteiger partial charge is 0.494 e. The van der Waals surface area contributed by atoms with Gasteiger partial charge in [0.25, 0.3) is 0 Å². The summed E-state index contributed by atoms with van der Waals surface area (Å²) < 4.78 is 7.19. The summed E-state index contributed by atoms with van der Waals surface area (Å²) >= 11 is 10.2. The highest BCUT2D eigenvalue weighted by Crippen LogP contribution is 2.24. The highest BCUT2D eigenvalue weighted by molar-refractivity contribution is 6.26. The maximum absolute atomic E-state index is 11.3. The summed E-state index contributed by atoms with van der Waals surface area (Å²) in [7, 11) is 0. The van der Waals surface area contributed by atoms with Crippen LogP contribution in [0, 0.1) is 0 Å². The lowest BCUT2D eigenvalue weighted by molar-refractivity contribution is -0.118. The Labute approximate surface area is 260 Å². The van der Waals surface area contributed by atoms with Crippen LogP contribution in [0.25, 0.3) is 28.5 Å². The molecule has 0 bridgehead atoms. The Morgan fingerprint density at radius 1 is 1.05 bits per heavy atom. The van der Waals surface area contributed by atoms with Gasteiger partial charge in [-0.25, -0.2) is 4.98 Å². The third-order valence-corrected chi connectivity index (χ3v) is 6.57. The fourth-order valence-corrected chi connectivity index (χ4v) is 4.27. The number of halogens is 2. The summed E-state index contributed by atoms with van der Waals surface area (Å²) in [5.41, 5.74) is 11.1. The third-order valence-electron chi connectivity index (χ3n) is 6.21. The number of hydrogen-bond acceptors (Lipinski definition) is 3. The van der Waals surface area contributed by atoms with Gasteiger partial charge >= 0.3 is 0 Å². The van der Waals surface area contributed by atoms with Crippen molar-refractivity contribution in [2.24, 2.45) is 5.73 Å². The molecular formula is C35H41Cl2N3O2. The van der Waals surface area contributed by atoms with Crippen molar-refractivity contribution < 1.29 is 9.53 Å². The first-order valence-corrected chi connectivity index (χ1v) is 14.9. The summed E-state index contributed by atoms with van der Waals surface area (Å²) in [6.07, 6.45) is 9.31. The Kier molecular flexibility index (Phi) is 15.2. The molecule has 1 aromatic heterocycles. The van der Waals surface area contributed by atoms with Crippen molar-refractivity contribution in [2.75, 3.05) is 12.5 Å². The van der Waals surface area contributed by atoms with E-state index in [9.17, 15) is 4.79 Å². The molecule has 222 valence electrons. The minimum absolute atomic E-state index is 0.104. The number of fused-ring (bicyclic) bond motifs is 1. The number of imidazole rings is 1. The van der Waals surface area contributed by atoms with Crippen LogP contribution in [0.5, 0.6) is 5.75 Å². The fraction of sp³-hybridized carbons (Fsp3) is 0.257. The van der Waals surface area contributed by atoms with E-state index in [0.717, 1.165) is 22.6 Å². The van der Waals surface area contributed by atoms with Crippen LogP contribution >= 0.6 is 23.2 Å². The topological polar surface area (TPSA) is 70.1 Å². The summed E-state index contributed by atoms with van der Waals surface area (Å²) in [6, 6.07) is 22.9. The van der Waals surface area contributed by atoms with E-state index in [1.165, 1.54) is 21.9 Å². The molecule has 4 rings (SSSR count). The van der Waals surface area contributed by atoms with E-state index in [1.54, 1.807) is 10.6 Å². The van der Waals surface area contributed by atoms with Crippen LogP contribution < -0.4 is 10.5 Å². The number of amides is 1. The molecule has 1 amide bonds. The lowest BCUT2D eigenvalue weighted by atomic mass is 9.96. The molecule has 0 unspecified atom stereocenters. The molecule has 1 heterocycles. The van der Waals surface area contributed by atoms with E-state index in [0.29, 0.717) is 24.2 Å². The minimum Gasteiger partial charge on any atom is -0.494 e. The molecule has 0 saturated heterocycles. The number of carbonyl (C=O) groups excluding carboxylic acids is 1. The van der Waals surface area contributed by atoms with E-state index in [4.69, 9.17) is 33.7 Å². The third kappa shape index (κ3) is 11.2. The van der Waals surface area contributed by atoms with Gasteiger partial charge in [0, 0.05) is 17.6 Å². The zero-order chi connectivity index (χ0) is 30.9. The number of benzene rings is 3. The molecule has 0 spiro atoms. The molecule has 2 N–H and O–H groups in total. The van der Waals surface area contributed by atoms with Crippen LogP contribution in [0.3, 0.4) is 0 Å². The smallest absolute Gasteiger partial charge is 0.237 e. The number of rotatable bonds is 9. The van der Waals surface area contributed by atoms with Crippen molar-refractivity contribution in [3.05, 3.63) is 113 Å². The molecule has 0 aliphatic carbocycles. The Hall–Kier alpha value is -3.80. The van der Waals surface area contributed by atoms with Gasteiger partial charge in [-0.05, 0) is 72.4 Å². The lowest BCUT2D eigenvalue weighted by Gasteiger charge is -2.08. The Morgan fingerprint density at radius 3 is 2.31 bits per heavy atom. The van der Waals surface area contributed by atoms with Gasteiger partial charge in [0.15, 0.2) is 0 Å². The predicted octanol–water partition coefficient (Wildman–Crippen LogP) is 9.30. The van der Waals surface area contributed by atoms with Crippen LogP contribution in [0.1, 0.15) is 63.2 Å². The highest BCUT2D eigenvalue weighted by atomic mass is 35.5. The van der Waals surface area contributed by atoms with Crippen molar-refractivity contribution in [3.63, 3.8) is 0 Å². The van der Waals surface area contributed by atoms with E-state index < -0.39 is 5.91 Å². The monoisotopic (exact) mass is 605 g/mol. The van der Waals surface area contributed by atoms with Gasteiger partial charge in [0.2, 0.25) is 5.91 Å². The molecule has 0 atom stereocenters. The van der Waals surface area contributed by atoms with Gasteiger partial charge in [-0.3, -0.25) is 4.79 Å². The molecule has 0 saturated carbocycles. The van der Waals surface area contributed by atoms with Gasteiger partial charge in [0.1, 0.15) is 18.1 Å². The zero-order valence-electron chi connectivity index (χ0n) is 25.1. The average molecular weight is 607 g/mol. The van der Waals surface area contributed by atoms with E-state index in [2.05, 4.69) is 61.3 Å². The summed E-state index contributed by atoms with van der Waals surface area (Å²) in [5, 5.41) is 2.73. The Bertz CT molecular complexity index is 1480. The highest BCUT2D eigenvalue weighted by Gasteiger charge is 2.09. The van der Waals surface area contributed by atoms with Crippen molar-refractivity contribution in [1.29, 1.82) is 0 Å². The molecule has 7 heteroatoms. The number of ether oxygens (including phenoxy) is 1. The molecule has 4 aromatic rings. The maximum atomic E-state index is 11.3. The molecule has 0 aliphatic heterocycles. The second-order valence-corrected chi connectivity index (χ2v) is 10.2. The number of aromatic nitrogens is 2. The van der Waals surface area contributed by atoms with Gasteiger partial charge in [-0.1, -0.05) is 98.3 Å². The number of carbonyl (C=O) groups is 1. The molecule has 3 aromatic carbocycles. The Morgan fingerprint density at radius 2 is 1.74 bits per heavy atom. The SMILES string of the molecule is C/C=C(\C)c1cn(CC(N)=O)c(/C=C/c2ccc(OCC)cc2)n1.CC(C)c1cccc2ccccc12.Cl/C=C/CCl. The average Bonchev–Trinajstić information content (AvgIpc) is 3.39. The van der Waals surface area contributed by atoms with Gasteiger partial charge in [-0.15, -0.1) is 11.6 Å². The Balaban J connectivity index is 0.000000284. The lowest BCUT2D eigenvalue weighted by Crippen LogP contribution is -2.18.